The molecule has 0 saturated heterocycles. The molecule has 1 unspecified atom stereocenters. The van der Waals surface area contributed by atoms with Crippen molar-refractivity contribution < 1.29 is 14.3 Å². The zero-order valence-electron chi connectivity index (χ0n) is 5.15. The van der Waals surface area contributed by atoms with Crippen molar-refractivity contribution in [2.75, 3.05) is 0 Å². The topological polar surface area (TPSA) is 63.3 Å². The Labute approximate surface area is 57.5 Å². The third kappa shape index (κ3) is 1.15. The zero-order valence-corrected chi connectivity index (χ0v) is 5.15. The molecule has 1 radical (unpaired) electrons. The van der Waals surface area contributed by atoms with Gasteiger partial charge in [-0.25, -0.2) is 4.98 Å². The number of hydrogen-bond donors (Lipinski definition) is 1. The lowest BCUT2D eigenvalue weighted by Gasteiger charge is -1.97. The molecule has 1 heterocycles. The average molecular weight is 140 g/mol. The molecule has 0 aromatic carbocycles. The maximum atomic E-state index is 10.2. The highest BCUT2D eigenvalue weighted by Gasteiger charge is 2.17. The summed E-state index contributed by atoms with van der Waals surface area (Å²) < 4.78 is 4.70. The van der Waals surface area contributed by atoms with Crippen molar-refractivity contribution in [2.45, 2.75) is 5.92 Å². The molecule has 0 aliphatic carbocycles. The predicted molar refractivity (Wildman–Crippen MR) is 32.2 cm³/mol. The molecular formula is C6H6NO3. The van der Waals surface area contributed by atoms with Gasteiger partial charge in [0.1, 0.15) is 12.2 Å². The van der Waals surface area contributed by atoms with Gasteiger partial charge in [0.05, 0.1) is 6.20 Å². The Balaban J connectivity index is 2.77. The maximum Gasteiger partial charge on any atom is 0.315 e. The lowest BCUT2D eigenvalue weighted by atomic mass is 10.2. The molecule has 0 saturated carbocycles. The highest BCUT2D eigenvalue weighted by Crippen LogP contribution is 2.10. The Morgan fingerprint density at radius 1 is 1.90 bits per heavy atom. The van der Waals surface area contributed by atoms with Crippen LogP contribution in [0.1, 0.15) is 11.8 Å². The number of carboxylic acids is 1. The Morgan fingerprint density at radius 3 is 3.00 bits per heavy atom. The molecule has 1 aromatic rings. The summed E-state index contributed by atoms with van der Waals surface area (Å²) in [6, 6.07) is 0. The van der Waals surface area contributed by atoms with E-state index >= 15 is 0 Å². The van der Waals surface area contributed by atoms with E-state index in [2.05, 4.69) is 11.9 Å². The van der Waals surface area contributed by atoms with Crippen LogP contribution in [0.3, 0.4) is 0 Å². The fourth-order valence-corrected chi connectivity index (χ4v) is 0.512. The van der Waals surface area contributed by atoms with Gasteiger partial charge in [-0.1, -0.05) is 0 Å². The third-order valence-electron chi connectivity index (χ3n) is 1.05. The van der Waals surface area contributed by atoms with E-state index < -0.39 is 11.9 Å². The van der Waals surface area contributed by atoms with Gasteiger partial charge in [-0.3, -0.25) is 4.79 Å². The highest BCUT2D eigenvalue weighted by atomic mass is 16.4. The molecule has 0 spiro atoms. The monoisotopic (exact) mass is 140 g/mol. The van der Waals surface area contributed by atoms with Crippen LogP contribution in [0.4, 0.5) is 0 Å². The second-order valence-electron chi connectivity index (χ2n) is 1.76. The molecule has 0 amide bonds. The number of hydrogen-bond acceptors (Lipinski definition) is 3. The van der Waals surface area contributed by atoms with Crippen LogP contribution in [0.15, 0.2) is 16.9 Å². The van der Waals surface area contributed by atoms with Crippen molar-refractivity contribution in [1.82, 2.24) is 4.98 Å². The van der Waals surface area contributed by atoms with E-state index in [1.54, 1.807) is 0 Å². The summed E-state index contributed by atoms with van der Waals surface area (Å²) in [5.74, 6) is -1.81. The van der Waals surface area contributed by atoms with Crippen molar-refractivity contribution in [3.63, 3.8) is 0 Å². The van der Waals surface area contributed by atoms with Crippen LogP contribution in [0, 0.1) is 6.92 Å². The van der Waals surface area contributed by atoms with Crippen LogP contribution >= 0.6 is 0 Å². The fourth-order valence-electron chi connectivity index (χ4n) is 0.512. The smallest absolute Gasteiger partial charge is 0.315 e. The van der Waals surface area contributed by atoms with Gasteiger partial charge in [0, 0.05) is 0 Å². The molecule has 0 bridgehead atoms. The fraction of sp³-hybridized carbons (Fsp3) is 0.167. The molecule has 1 atom stereocenters. The molecule has 53 valence electrons. The van der Waals surface area contributed by atoms with Crippen LogP contribution in [0.25, 0.3) is 0 Å². The number of rotatable bonds is 2. The van der Waals surface area contributed by atoms with E-state index in [1.807, 2.05) is 0 Å². The second-order valence-corrected chi connectivity index (χ2v) is 1.76. The van der Waals surface area contributed by atoms with Crippen LogP contribution in [-0.2, 0) is 4.79 Å². The Bertz CT molecular complexity index is 217. The normalized spacial score (nSPS) is 12.9. The average Bonchev–Trinajstić information content (AvgIpc) is 2.36. The summed E-state index contributed by atoms with van der Waals surface area (Å²) in [5, 5.41) is 8.39. The lowest BCUT2D eigenvalue weighted by molar-refractivity contribution is -0.138. The van der Waals surface area contributed by atoms with Crippen molar-refractivity contribution in [2.24, 2.45) is 0 Å². The summed E-state index contributed by atoms with van der Waals surface area (Å²) in [7, 11) is 0. The summed E-state index contributed by atoms with van der Waals surface area (Å²) >= 11 is 0. The summed E-state index contributed by atoms with van der Waals surface area (Å²) in [5.41, 5.74) is 0. The first-order valence-corrected chi connectivity index (χ1v) is 2.67. The van der Waals surface area contributed by atoms with E-state index in [4.69, 9.17) is 9.52 Å². The van der Waals surface area contributed by atoms with Crippen LogP contribution in [0.2, 0.25) is 0 Å². The van der Waals surface area contributed by atoms with Crippen molar-refractivity contribution >= 4 is 5.97 Å². The van der Waals surface area contributed by atoms with Gasteiger partial charge >= 0.3 is 5.97 Å². The van der Waals surface area contributed by atoms with Gasteiger partial charge in [0.2, 0.25) is 5.89 Å². The molecule has 0 aliphatic heterocycles. The molecule has 4 heteroatoms. The lowest BCUT2D eigenvalue weighted by Crippen LogP contribution is -2.07. The third-order valence-corrected chi connectivity index (χ3v) is 1.05. The zero-order chi connectivity index (χ0) is 7.56. The first-order chi connectivity index (χ1) is 4.72. The van der Waals surface area contributed by atoms with Gasteiger partial charge in [-0.2, -0.15) is 0 Å². The molecule has 4 nitrogen and oxygen atoms in total. The molecular weight excluding hydrogens is 134 g/mol. The van der Waals surface area contributed by atoms with Crippen molar-refractivity contribution in [3.05, 3.63) is 25.3 Å². The molecule has 1 rings (SSSR count). The number of carboxylic acid groups (broad SMARTS) is 1. The minimum atomic E-state index is -1.04. The van der Waals surface area contributed by atoms with Gasteiger partial charge in [0.25, 0.3) is 0 Å². The second kappa shape index (κ2) is 2.51. The first kappa shape index (κ1) is 6.80. The standard InChI is InChI=1S/C6H6NO3/c1-4(6(8)9)5-7-2-3-10-5/h2-4H,1H2,(H,8,9). The Hall–Kier alpha value is -1.32. The first-order valence-electron chi connectivity index (χ1n) is 2.67. The number of carbonyl (C=O) groups is 1. The van der Waals surface area contributed by atoms with E-state index in [9.17, 15) is 4.79 Å². The minimum Gasteiger partial charge on any atom is -0.481 e. The Kier molecular flexibility index (Phi) is 1.71. The van der Waals surface area contributed by atoms with Gasteiger partial charge in [-0.15, -0.1) is 0 Å². The number of oxazole rings is 1. The minimum absolute atomic E-state index is 0.132. The molecule has 0 aliphatic rings. The SMILES string of the molecule is [CH2]C(C(=O)O)c1ncco1. The number of aromatic nitrogens is 1. The van der Waals surface area contributed by atoms with Crippen molar-refractivity contribution in [3.8, 4) is 0 Å². The predicted octanol–water partition coefficient (Wildman–Crippen LogP) is 0.677. The largest absolute Gasteiger partial charge is 0.481 e. The summed E-state index contributed by atoms with van der Waals surface area (Å²) in [4.78, 5) is 13.9. The molecule has 1 aromatic heterocycles. The van der Waals surface area contributed by atoms with Crippen molar-refractivity contribution in [1.29, 1.82) is 0 Å². The quantitative estimate of drug-likeness (QED) is 0.655. The highest BCUT2D eigenvalue weighted by molar-refractivity contribution is 5.75. The number of aliphatic carboxylic acids is 1. The van der Waals surface area contributed by atoms with Crippen LogP contribution in [0.5, 0.6) is 0 Å². The van der Waals surface area contributed by atoms with E-state index in [-0.39, 0.29) is 5.89 Å². The van der Waals surface area contributed by atoms with E-state index in [0.717, 1.165) is 0 Å². The van der Waals surface area contributed by atoms with Gasteiger partial charge in [0.15, 0.2) is 0 Å². The molecule has 1 N–H and O–H groups in total. The van der Waals surface area contributed by atoms with Crippen LogP contribution in [-0.4, -0.2) is 16.1 Å². The Morgan fingerprint density at radius 2 is 2.60 bits per heavy atom. The van der Waals surface area contributed by atoms with E-state index in [1.165, 1.54) is 12.5 Å². The van der Waals surface area contributed by atoms with Gasteiger partial charge in [-0.05, 0) is 6.92 Å². The maximum absolute atomic E-state index is 10.2. The van der Waals surface area contributed by atoms with Crippen LogP contribution < -0.4 is 0 Å². The summed E-state index contributed by atoms with van der Waals surface area (Å²) in [6.07, 6.45) is 2.70. The molecule has 0 fully saturated rings. The number of nitrogens with zero attached hydrogens (tertiary/aromatic N) is 1. The summed E-state index contributed by atoms with van der Waals surface area (Å²) in [6.45, 7) is 3.32. The molecule has 10 heavy (non-hydrogen) atoms. The van der Waals surface area contributed by atoms with Gasteiger partial charge < -0.3 is 9.52 Å². The van der Waals surface area contributed by atoms with E-state index in [0.29, 0.717) is 0 Å².